The first-order valence-electron chi connectivity index (χ1n) is 11.3. The summed E-state index contributed by atoms with van der Waals surface area (Å²) in [5.74, 6) is -0.116. The van der Waals surface area contributed by atoms with Crippen LogP contribution in [0.2, 0.25) is 5.02 Å². The molecule has 2 aromatic carbocycles. The summed E-state index contributed by atoms with van der Waals surface area (Å²) in [4.78, 5) is 25.1. The number of pyridine rings is 1. The molecule has 8 nitrogen and oxygen atoms in total. The lowest BCUT2D eigenvalue weighted by Crippen LogP contribution is -2.28. The molecular weight excluding hydrogens is 464 g/mol. The topological polar surface area (TPSA) is 86.2 Å². The number of nitrogens with one attached hydrogen (secondary N) is 1. The van der Waals surface area contributed by atoms with E-state index in [1.807, 2.05) is 66.9 Å². The van der Waals surface area contributed by atoms with Gasteiger partial charge in [-0.2, -0.15) is 5.10 Å². The molecule has 3 aromatic heterocycles. The summed E-state index contributed by atoms with van der Waals surface area (Å²) in [7, 11) is 0. The number of halogens is 1. The highest BCUT2D eigenvalue weighted by molar-refractivity contribution is 6.30. The largest absolute Gasteiger partial charge is 0.356 e. The highest BCUT2D eigenvalue weighted by Gasteiger charge is 2.15. The van der Waals surface area contributed by atoms with Crippen LogP contribution in [0, 0.1) is 0 Å². The zero-order valence-electron chi connectivity index (χ0n) is 18.8. The van der Waals surface area contributed by atoms with Crippen molar-refractivity contribution in [2.75, 3.05) is 6.54 Å². The van der Waals surface area contributed by atoms with Crippen LogP contribution in [-0.2, 0) is 17.8 Å². The lowest BCUT2D eigenvalue weighted by molar-refractivity contribution is -0.120. The maximum Gasteiger partial charge on any atom is 0.350 e. The monoisotopic (exact) mass is 486 g/mol. The summed E-state index contributed by atoms with van der Waals surface area (Å²) in [6.07, 6.45) is 4.34. The molecule has 0 saturated heterocycles. The Balaban J connectivity index is 1.26. The maximum atomic E-state index is 12.8. The molecule has 9 heteroatoms. The van der Waals surface area contributed by atoms with Gasteiger partial charge in [-0.15, -0.1) is 5.10 Å². The number of carbonyl (C=O) groups is 1. The molecular formula is C26H23ClN6O2. The first-order chi connectivity index (χ1) is 17.1. The van der Waals surface area contributed by atoms with E-state index in [4.69, 9.17) is 16.7 Å². The molecule has 0 fully saturated rings. The van der Waals surface area contributed by atoms with Gasteiger partial charge in [0.2, 0.25) is 5.91 Å². The van der Waals surface area contributed by atoms with Crippen LogP contribution in [0.15, 0.2) is 90.0 Å². The standard InChI is InChI=1S/C26H23ClN6O2/c27-21-12-10-19(11-13-21)25-20(18-33(30-25)22-7-2-1-3-8-22)17-24(34)28-14-6-16-32-26(35)31-15-5-4-9-23(31)29-32/h1-5,7-13,15,18H,6,14,16-17H2,(H,28,34). The zero-order chi connectivity index (χ0) is 24.2. The van der Waals surface area contributed by atoms with Crippen LogP contribution in [0.25, 0.3) is 22.6 Å². The molecule has 0 spiro atoms. The number of para-hydroxylation sites is 1. The molecule has 0 saturated carbocycles. The quantitative estimate of drug-likeness (QED) is 0.338. The Hall–Kier alpha value is -4.17. The third-order valence-corrected chi connectivity index (χ3v) is 5.89. The van der Waals surface area contributed by atoms with Gasteiger partial charge >= 0.3 is 5.69 Å². The second-order valence-electron chi connectivity index (χ2n) is 8.10. The van der Waals surface area contributed by atoms with Gasteiger partial charge in [-0.3, -0.25) is 9.20 Å². The molecule has 5 aromatic rings. The van der Waals surface area contributed by atoms with E-state index >= 15 is 0 Å². The molecule has 35 heavy (non-hydrogen) atoms. The number of aromatic nitrogens is 5. The minimum absolute atomic E-state index is 0.116. The van der Waals surface area contributed by atoms with E-state index in [9.17, 15) is 9.59 Å². The number of amides is 1. The van der Waals surface area contributed by atoms with Gasteiger partial charge in [0, 0.05) is 41.6 Å². The van der Waals surface area contributed by atoms with Gasteiger partial charge in [0.25, 0.3) is 0 Å². The molecule has 3 heterocycles. The summed E-state index contributed by atoms with van der Waals surface area (Å²) in [6, 6.07) is 22.6. The van der Waals surface area contributed by atoms with Crippen LogP contribution in [-0.4, -0.2) is 36.4 Å². The minimum atomic E-state index is -0.187. The van der Waals surface area contributed by atoms with E-state index < -0.39 is 0 Å². The fraction of sp³-hybridized carbons (Fsp3) is 0.154. The Bertz CT molecular complexity index is 1520. The average Bonchev–Trinajstić information content (AvgIpc) is 3.44. The molecule has 5 rings (SSSR count). The van der Waals surface area contributed by atoms with Gasteiger partial charge in [-0.1, -0.05) is 48.0 Å². The Kier molecular flexibility index (Phi) is 6.45. The number of nitrogens with zero attached hydrogens (tertiary/aromatic N) is 5. The number of hydrogen-bond donors (Lipinski definition) is 1. The summed E-state index contributed by atoms with van der Waals surface area (Å²) in [5.41, 5.74) is 3.76. The van der Waals surface area contributed by atoms with Crippen molar-refractivity contribution >= 4 is 23.2 Å². The van der Waals surface area contributed by atoms with Gasteiger partial charge in [-0.05, 0) is 42.8 Å². The third-order valence-electron chi connectivity index (χ3n) is 5.64. The van der Waals surface area contributed by atoms with E-state index in [-0.39, 0.29) is 18.0 Å². The van der Waals surface area contributed by atoms with Gasteiger partial charge in [0.1, 0.15) is 0 Å². The highest BCUT2D eigenvalue weighted by Crippen LogP contribution is 2.25. The van der Waals surface area contributed by atoms with Crippen LogP contribution >= 0.6 is 11.6 Å². The Labute approximate surface area is 206 Å². The molecule has 1 N–H and O–H groups in total. The van der Waals surface area contributed by atoms with Gasteiger partial charge in [-0.25, -0.2) is 14.2 Å². The lowest BCUT2D eigenvalue weighted by atomic mass is 10.1. The Morgan fingerprint density at radius 1 is 0.943 bits per heavy atom. The second-order valence-corrected chi connectivity index (χ2v) is 8.54. The molecule has 0 unspecified atom stereocenters. The van der Waals surface area contributed by atoms with Crippen molar-refractivity contribution in [2.24, 2.45) is 0 Å². The number of fused-ring (bicyclic) bond motifs is 1. The number of benzene rings is 2. The number of carbonyl (C=O) groups excluding carboxylic acids is 1. The van der Waals surface area contributed by atoms with Crippen LogP contribution in [0.3, 0.4) is 0 Å². The molecule has 0 aliphatic heterocycles. The normalized spacial score (nSPS) is 11.1. The SMILES string of the molecule is O=C(Cc1cn(-c2ccccc2)nc1-c1ccc(Cl)cc1)NCCCn1nc2ccccn2c1=O. The number of hydrogen-bond acceptors (Lipinski definition) is 4. The van der Waals surface area contributed by atoms with E-state index in [1.165, 1.54) is 9.08 Å². The predicted molar refractivity (Wildman–Crippen MR) is 135 cm³/mol. The summed E-state index contributed by atoms with van der Waals surface area (Å²) >= 11 is 6.06. The van der Waals surface area contributed by atoms with Gasteiger partial charge in [0.05, 0.1) is 17.8 Å². The lowest BCUT2D eigenvalue weighted by Gasteiger charge is -2.06. The third kappa shape index (κ3) is 5.02. The minimum Gasteiger partial charge on any atom is -0.356 e. The van der Waals surface area contributed by atoms with E-state index in [0.717, 1.165) is 22.5 Å². The van der Waals surface area contributed by atoms with Crippen molar-refractivity contribution in [3.8, 4) is 16.9 Å². The molecule has 0 atom stereocenters. The predicted octanol–water partition coefficient (Wildman–Crippen LogP) is 3.75. The van der Waals surface area contributed by atoms with Crippen molar-refractivity contribution in [2.45, 2.75) is 19.4 Å². The van der Waals surface area contributed by atoms with E-state index in [0.29, 0.717) is 30.2 Å². The molecule has 1 amide bonds. The van der Waals surface area contributed by atoms with Gasteiger partial charge < -0.3 is 5.32 Å². The fourth-order valence-electron chi connectivity index (χ4n) is 3.91. The van der Waals surface area contributed by atoms with Crippen LogP contribution in [0.4, 0.5) is 0 Å². The summed E-state index contributed by atoms with van der Waals surface area (Å²) in [6.45, 7) is 0.852. The Morgan fingerprint density at radius 3 is 2.49 bits per heavy atom. The molecule has 0 aliphatic carbocycles. The number of aryl methyl sites for hydroxylation is 1. The van der Waals surface area contributed by atoms with Crippen molar-refractivity contribution in [1.29, 1.82) is 0 Å². The summed E-state index contributed by atoms with van der Waals surface area (Å²) in [5, 5.41) is 12.6. The molecule has 0 aliphatic rings. The van der Waals surface area contributed by atoms with Gasteiger partial charge in [0.15, 0.2) is 5.65 Å². The zero-order valence-corrected chi connectivity index (χ0v) is 19.6. The number of rotatable bonds is 8. The van der Waals surface area contributed by atoms with Crippen molar-refractivity contribution in [1.82, 2.24) is 29.3 Å². The van der Waals surface area contributed by atoms with Crippen LogP contribution in [0.1, 0.15) is 12.0 Å². The second kappa shape index (κ2) is 9.99. The Morgan fingerprint density at radius 2 is 1.71 bits per heavy atom. The molecule has 0 bridgehead atoms. The van der Waals surface area contributed by atoms with E-state index in [2.05, 4.69) is 10.4 Å². The highest BCUT2D eigenvalue weighted by atomic mass is 35.5. The van der Waals surface area contributed by atoms with Crippen molar-refractivity contribution in [3.05, 3.63) is 106 Å². The fourth-order valence-corrected chi connectivity index (χ4v) is 4.03. The van der Waals surface area contributed by atoms with Crippen molar-refractivity contribution in [3.63, 3.8) is 0 Å². The first kappa shape index (κ1) is 22.6. The molecule has 0 radical (unpaired) electrons. The first-order valence-corrected chi connectivity index (χ1v) is 11.7. The summed E-state index contributed by atoms with van der Waals surface area (Å²) < 4.78 is 4.70. The van der Waals surface area contributed by atoms with Crippen LogP contribution in [0.5, 0.6) is 0 Å². The smallest absolute Gasteiger partial charge is 0.350 e. The molecule has 176 valence electrons. The van der Waals surface area contributed by atoms with Crippen molar-refractivity contribution < 1.29 is 4.79 Å². The van der Waals surface area contributed by atoms with E-state index in [1.54, 1.807) is 23.0 Å². The maximum absolute atomic E-state index is 12.8. The van der Waals surface area contributed by atoms with Crippen LogP contribution < -0.4 is 11.0 Å². The average molecular weight is 487 g/mol.